The number of benzene rings is 1. The third kappa shape index (κ3) is 3.62. The maximum absolute atomic E-state index is 13.6. The van der Waals surface area contributed by atoms with Crippen LogP contribution in [0.15, 0.2) is 30.6 Å². The third-order valence-electron chi connectivity index (χ3n) is 4.33. The molecule has 0 aliphatic carbocycles. The van der Waals surface area contributed by atoms with Gasteiger partial charge < -0.3 is 4.90 Å². The fourth-order valence-corrected chi connectivity index (χ4v) is 4.40. The number of aromatic nitrogens is 3. The molecule has 0 N–H and O–H groups in total. The number of piperidine rings is 1. The van der Waals surface area contributed by atoms with Gasteiger partial charge in [-0.2, -0.15) is 0 Å². The Bertz CT molecular complexity index is 788. The second-order valence-electron chi connectivity index (χ2n) is 5.85. The van der Waals surface area contributed by atoms with E-state index in [4.69, 9.17) is 0 Å². The predicted molar refractivity (Wildman–Crippen MR) is 83.9 cm³/mol. The molecule has 2 aromatic rings. The maximum atomic E-state index is 13.6. The van der Waals surface area contributed by atoms with Gasteiger partial charge in [0.15, 0.2) is 0 Å². The quantitative estimate of drug-likeness (QED) is 0.811. The summed E-state index contributed by atoms with van der Waals surface area (Å²) in [5.41, 5.74) is 0.466. The van der Waals surface area contributed by atoms with E-state index in [1.165, 1.54) is 24.5 Å². The first-order valence-corrected chi connectivity index (χ1v) is 9.24. The molecule has 0 saturated carbocycles. The van der Waals surface area contributed by atoms with Crippen molar-refractivity contribution in [3.05, 3.63) is 47.8 Å². The van der Waals surface area contributed by atoms with Crippen LogP contribution >= 0.6 is 0 Å². The highest BCUT2D eigenvalue weighted by atomic mass is 32.2. The summed E-state index contributed by atoms with van der Waals surface area (Å²) < 4.78 is 52.2. The molecule has 6 nitrogen and oxygen atoms in total. The fraction of sp³-hybridized carbons (Fsp3) is 0.467. The van der Waals surface area contributed by atoms with E-state index in [1.807, 2.05) is 0 Å². The van der Waals surface area contributed by atoms with Crippen molar-refractivity contribution in [3.8, 4) is 0 Å². The minimum atomic E-state index is -3.51. The van der Waals surface area contributed by atoms with Crippen LogP contribution in [0.25, 0.3) is 0 Å². The van der Waals surface area contributed by atoms with Gasteiger partial charge in [0, 0.05) is 12.6 Å². The van der Waals surface area contributed by atoms with Crippen molar-refractivity contribution in [2.75, 3.05) is 19.6 Å². The van der Waals surface area contributed by atoms with Gasteiger partial charge in [-0.1, -0.05) is 11.3 Å². The average molecular weight is 356 g/mol. The van der Waals surface area contributed by atoms with Gasteiger partial charge in [0.2, 0.25) is 0 Å². The Labute approximate surface area is 139 Å². The summed E-state index contributed by atoms with van der Waals surface area (Å²) in [5.74, 6) is -1.13. The molecule has 1 aliphatic heterocycles. The summed E-state index contributed by atoms with van der Waals surface area (Å²) in [7, 11) is -3.51. The zero-order valence-electron chi connectivity index (χ0n) is 13.0. The summed E-state index contributed by atoms with van der Waals surface area (Å²) in [6, 6.07) is 3.58. The van der Waals surface area contributed by atoms with Crippen molar-refractivity contribution >= 4 is 10.0 Å². The van der Waals surface area contributed by atoms with Gasteiger partial charge in [0.1, 0.15) is 11.6 Å². The Morgan fingerprint density at radius 3 is 2.58 bits per heavy atom. The molecule has 0 unspecified atom stereocenters. The van der Waals surface area contributed by atoms with Crippen molar-refractivity contribution in [2.45, 2.75) is 24.5 Å². The van der Waals surface area contributed by atoms with Gasteiger partial charge in [-0.05, 0) is 44.0 Å². The summed E-state index contributed by atoms with van der Waals surface area (Å²) >= 11 is 0. The number of hydrogen-bond donors (Lipinski definition) is 0. The summed E-state index contributed by atoms with van der Waals surface area (Å²) in [4.78, 5) is 2.09. The second kappa shape index (κ2) is 6.94. The lowest BCUT2D eigenvalue weighted by atomic mass is 10.1. The van der Waals surface area contributed by atoms with E-state index < -0.39 is 26.9 Å². The van der Waals surface area contributed by atoms with Gasteiger partial charge in [-0.15, -0.1) is 9.19 Å². The second-order valence-corrected chi connectivity index (χ2v) is 7.92. The van der Waals surface area contributed by atoms with Crippen LogP contribution in [0.5, 0.6) is 0 Å². The first kappa shape index (κ1) is 17.0. The van der Waals surface area contributed by atoms with Gasteiger partial charge in [-0.25, -0.2) is 17.2 Å². The molecule has 1 aliphatic rings. The molecule has 1 aromatic carbocycles. The molecule has 24 heavy (non-hydrogen) atoms. The normalized spacial score (nSPS) is 17.2. The lowest BCUT2D eigenvalue weighted by molar-refractivity contribution is 0.231. The first-order chi connectivity index (χ1) is 11.5. The Hall–Kier alpha value is -1.87. The van der Waals surface area contributed by atoms with E-state index in [1.54, 1.807) is 0 Å². The lowest BCUT2D eigenvalue weighted by Gasteiger charge is -2.31. The number of likely N-dealkylation sites (tertiary alicyclic amines) is 1. The van der Waals surface area contributed by atoms with E-state index in [9.17, 15) is 17.2 Å². The van der Waals surface area contributed by atoms with Crippen LogP contribution in [0.3, 0.4) is 0 Å². The van der Waals surface area contributed by atoms with Crippen LogP contribution in [-0.2, 0) is 16.4 Å². The number of hydrogen-bond acceptors (Lipinski definition) is 5. The van der Waals surface area contributed by atoms with Crippen molar-refractivity contribution in [3.63, 3.8) is 0 Å². The van der Waals surface area contributed by atoms with Crippen LogP contribution in [0.4, 0.5) is 8.78 Å². The molecule has 0 bridgehead atoms. The molecular formula is C15H18F2N4O2S. The van der Waals surface area contributed by atoms with Gasteiger partial charge in [0.25, 0.3) is 10.0 Å². The minimum Gasteiger partial charge on any atom is -0.303 e. The highest BCUT2D eigenvalue weighted by Crippen LogP contribution is 2.20. The van der Waals surface area contributed by atoms with E-state index in [0.29, 0.717) is 44.5 Å². The van der Waals surface area contributed by atoms with E-state index in [0.717, 1.165) is 10.2 Å². The van der Waals surface area contributed by atoms with Crippen LogP contribution in [0.2, 0.25) is 0 Å². The van der Waals surface area contributed by atoms with Crippen molar-refractivity contribution in [1.29, 1.82) is 0 Å². The van der Waals surface area contributed by atoms with Crippen LogP contribution in [0.1, 0.15) is 18.4 Å². The zero-order chi connectivity index (χ0) is 17.2. The molecule has 9 heteroatoms. The van der Waals surface area contributed by atoms with E-state index in [2.05, 4.69) is 15.2 Å². The standard InChI is InChI=1S/C15H18F2N4O2S/c16-13-2-1-12(15(17)11-13)3-7-20-8-4-14(5-9-20)24(22,23)21-10-6-18-19-21/h1-2,6,10-11,14H,3-5,7-9H2. The van der Waals surface area contributed by atoms with Crippen LogP contribution < -0.4 is 0 Å². The Kier molecular flexibility index (Phi) is 4.91. The minimum absolute atomic E-state index is 0.465. The van der Waals surface area contributed by atoms with Crippen molar-refractivity contribution in [2.24, 2.45) is 0 Å². The third-order valence-corrected chi connectivity index (χ3v) is 6.36. The Balaban J connectivity index is 1.54. The van der Waals surface area contributed by atoms with Crippen molar-refractivity contribution < 1.29 is 17.2 Å². The first-order valence-electron chi connectivity index (χ1n) is 7.74. The summed E-state index contributed by atoms with van der Waals surface area (Å²) in [6.45, 7) is 1.83. The Morgan fingerprint density at radius 2 is 1.96 bits per heavy atom. The summed E-state index contributed by atoms with van der Waals surface area (Å²) in [5, 5.41) is 6.62. The predicted octanol–water partition coefficient (Wildman–Crippen LogP) is 1.44. The topological polar surface area (TPSA) is 68.1 Å². The maximum Gasteiger partial charge on any atom is 0.258 e. The number of nitrogens with zero attached hydrogens (tertiary/aromatic N) is 4. The van der Waals surface area contributed by atoms with Crippen LogP contribution in [-0.4, -0.2) is 52.6 Å². The Morgan fingerprint density at radius 1 is 1.21 bits per heavy atom. The van der Waals surface area contributed by atoms with Crippen molar-refractivity contribution in [1.82, 2.24) is 19.3 Å². The highest BCUT2D eigenvalue weighted by Gasteiger charge is 2.31. The average Bonchev–Trinajstić information content (AvgIpc) is 3.10. The largest absolute Gasteiger partial charge is 0.303 e. The SMILES string of the molecule is O=S(=O)(C1CCN(CCc2ccc(F)cc2F)CC1)n1ccnn1. The van der Waals surface area contributed by atoms with E-state index >= 15 is 0 Å². The molecule has 0 amide bonds. The molecule has 1 saturated heterocycles. The highest BCUT2D eigenvalue weighted by molar-refractivity contribution is 7.90. The molecule has 130 valence electrons. The number of halogens is 2. The van der Waals surface area contributed by atoms with Gasteiger partial charge in [0.05, 0.1) is 17.6 Å². The molecule has 0 atom stereocenters. The molecule has 2 heterocycles. The van der Waals surface area contributed by atoms with Crippen LogP contribution in [0, 0.1) is 11.6 Å². The monoisotopic (exact) mass is 356 g/mol. The molecular weight excluding hydrogens is 338 g/mol. The van der Waals surface area contributed by atoms with Gasteiger partial charge >= 0.3 is 0 Å². The lowest BCUT2D eigenvalue weighted by Crippen LogP contribution is -2.42. The van der Waals surface area contributed by atoms with E-state index in [-0.39, 0.29) is 0 Å². The molecule has 0 spiro atoms. The molecule has 1 aromatic heterocycles. The molecule has 0 radical (unpaired) electrons. The smallest absolute Gasteiger partial charge is 0.258 e. The summed E-state index contributed by atoms with van der Waals surface area (Å²) in [6.07, 6.45) is 4.12. The fourth-order valence-electron chi connectivity index (χ4n) is 2.92. The van der Waals surface area contributed by atoms with Gasteiger partial charge in [-0.3, -0.25) is 0 Å². The zero-order valence-corrected chi connectivity index (χ0v) is 13.8. The molecule has 3 rings (SSSR count). The molecule has 1 fully saturated rings. The number of rotatable bonds is 5.